The molecule has 5 rings (SSSR count). The molecule has 3 aromatic rings. The molecule has 4 nitrogen and oxygen atoms in total. The number of aromatic amines is 2. The molecule has 0 saturated heterocycles. The van der Waals surface area contributed by atoms with Gasteiger partial charge in [-0.1, -0.05) is 0 Å². The summed E-state index contributed by atoms with van der Waals surface area (Å²) in [5.41, 5.74) is -32.4. The molecule has 0 radical (unpaired) electrons. The van der Waals surface area contributed by atoms with Gasteiger partial charge in [-0.15, -0.1) is 0 Å². The molecule has 40 heteroatoms. The molecule has 0 amide bonds. The van der Waals surface area contributed by atoms with Gasteiger partial charge in [0.05, 0.1) is 99.3 Å². The Labute approximate surface area is 463 Å². The van der Waals surface area contributed by atoms with E-state index in [-0.39, 0.29) is 0 Å². The third kappa shape index (κ3) is 8.89. The van der Waals surface area contributed by atoms with Crippen molar-refractivity contribution in [2.45, 2.75) is 72.1 Å². The molecule has 0 atom stereocenters. The minimum Gasteiger partial charge on any atom is -0.353 e. The molecule has 0 aromatic carbocycles. The van der Waals surface area contributed by atoms with E-state index in [1.807, 2.05) is 0 Å². The highest BCUT2D eigenvalue weighted by Gasteiger charge is 2.78. The van der Waals surface area contributed by atoms with Crippen molar-refractivity contribution < 1.29 is 123 Å². The Balaban J connectivity index is 2.49. The first kappa shape index (κ1) is 62.3. The van der Waals surface area contributed by atoms with Gasteiger partial charge in [0.2, 0.25) is 0 Å². The van der Waals surface area contributed by atoms with Crippen LogP contribution in [0.15, 0.2) is 0 Å². The normalized spacial score (nSPS) is 15.9. The summed E-state index contributed by atoms with van der Waals surface area (Å²) < 4.78 is 406. The van der Waals surface area contributed by atoms with Gasteiger partial charge in [-0.3, -0.25) is 0 Å². The maximum Gasteiger partial charge on any atom is 0.460 e. The van der Waals surface area contributed by atoms with Gasteiger partial charge in [-0.05, 0) is 154 Å². The van der Waals surface area contributed by atoms with E-state index in [0.29, 0.717) is 90.4 Å². The average Bonchev–Trinajstić information content (AvgIpc) is 3.84. The molecule has 0 saturated carbocycles. The number of hydrogen-bond donors (Lipinski definition) is 2. The summed E-state index contributed by atoms with van der Waals surface area (Å²) in [6, 6.07) is 0. The first-order valence-corrected chi connectivity index (χ1v) is 24.2. The Hall–Kier alpha value is -0.520. The highest BCUT2D eigenvalue weighted by molar-refractivity contribution is 14.1. The van der Waals surface area contributed by atoms with E-state index in [1.54, 1.807) is 0 Å². The van der Waals surface area contributed by atoms with Gasteiger partial charge in [0, 0.05) is 0 Å². The van der Waals surface area contributed by atoms with Gasteiger partial charge in [-0.2, -0.15) is 123 Å². The van der Waals surface area contributed by atoms with Crippen molar-refractivity contribution in [1.29, 1.82) is 0 Å². The second-order valence-corrected chi connectivity index (χ2v) is 21.5. The van der Waals surface area contributed by atoms with Gasteiger partial charge in [0.25, 0.3) is 0 Å². The molecule has 5 heterocycles. The minimum absolute atomic E-state index is 0.491. The lowest BCUT2D eigenvalue weighted by Crippen LogP contribution is -2.50. The SMILES string of the molecule is FC(F)(F)C(F)(F)C(F)(F)c1c2nc(c(C(F)(F)C(F)(F)C(F)(F)F)c3[nH]c(c(I)c3I)c(C(F)(F)C(F)(F)C(F)(F)F)c3nc(c(C(F)(F)C(F)(F)C(F)(F)F)c4[nH]c1c(I)c4I)C(Br)=C3Br)C(Br)=C2Br. The fourth-order valence-electron chi connectivity index (χ4n) is 6.13. The fourth-order valence-corrected chi connectivity index (χ4v) is 10.7. The number of fused-ring (bicyclic) bond motifs is 8. The van der Waals surface area contributed by atoms with E-state index >= 15 is 70.2 Å². The van der Waals surface area contributed by atoms with Crippen molar-refractivity contribution in [3.8, 4) is 0 Å². The van der Waals surface area contributed by atoms with E-state index in [0.717, 1.165) is 9.97 Å². The van der Waals surface area contributed by atoms with E-state index in [2.05, 4.69) is 73.7 Å². The van der Waals surface area contributed by atoms with Crippen LogP contribution in [0.4, 0.5) is 123 Å². The molecule has 0 aliphatic carbocycles. The molecule has 8 bridgehead atoms. The number of nitrogens with one attached hydrogen (secondary N) is 2. The topological polar surface area (TPSA) is 57.4 Å². The van der Waals surface area contributed by atoms with Gasteiger partial charge in [0.1, 0.15) is 0 Å². The quantitative estimate of drug-likeness (QED) is 0.174. The summed E-state index contributed by atoms with van der Waals surface area (Å²) in [4.78, 5) is 8.02. The highest BCUT2D eigenvalue weighted by atomic mass is 127. The zero-order valence-corrected chi connectivity index (χ0v) is 46.5. The molecular formula is C32H2Br4F28I4N4. The van der Waals surface area contributed by atoms with Crippen LogP contribution >= 0.6 is 154 Å². The van der Waals surface area contributed by atoms with Crippen molar-refractivity contribution in [2.75, 3.05) is 0 Å². The van der Waals surface area contributed by atoms with Crippen LogP contribution in [0.5, 0.6) is 0 Å². The molecule has 0 spiro atoms. The molecule has 72 heavy (non-hydrogen) atoms. The summed E-state index contributed by atoms with van der Waals surface area (Å²) in [6.07, 6.45) is -30.2. The van der Waals surface area contributed by atoms with Crippen LogP contribution in [0.25, 0.3) is 40.0 Å². The van der Waals surface area contributed by atoms with Gasteiger partial charge in [-0.25, -0.2) is 9.97 Å². The van der Waals surface area contributed by atoms with Crippen molar-refractivity contribution in [3.05, 3.63) is 59.3 Å². The van der Waals surface area contributed by atoms with Crippen molar-refractivity contribution in [1.82, 2.24) is 19.9 Å². The number of rotatable bonds is 8. The molecule has 2 aliphatic rings. The van der Waals surface area contributed by atoms with Crippen molar-refractivity contribution >= 4 is 194 Å². The molecule has 2 aliphatic heterocycles. The van der Waals surface area contributed by atoms with Crippen LogP contribution < -0.4 is 0 Å². The first-order chi connectivity index (χ1) is 31.7. The molecule has 2 N–H and O–H groups in total. The van der Waals surface area contributed by atoms with Crippen LogP contribution in [0, 0.1) is 14.3 Å². The second-order valence-electron chi connectivity index (χ2n) is 14.0. The predicted octanol–water partition coefficient (Wildman–Crippen LogP) is 19.1. The number of aromatic nitrogens is 4. The number of alkyl halides is 28. The van der Waals surface area contributed by atoms with E-state index in [4.69, 9.17) is 0 Å². The highest BCUT2D eigenvalue weighted by Crippen LogP contribution is 2.62. The molecule has 0 unspecified atom stereocenters. The van der Waals surface area contributed by atoms with Crippen LogP contribution in [0.2, 0.25) is 0 Å². The maximum absolute atomic E-state index is 16.4. The van der Waals surface area contributed by atoms with E-state index in [9.17, 15) is 52.7 Å². The van der Waals surface area contributed by atoms with Gasteiger partial charge >= 0.3 is 72.1 Å². The van der Waals surface area contributed by atoms with Crippen LogP contribution in [-0.2, 0) is 23.7 Å². The zero-order chi connectivity index (χ0) is 56.4. The Bertz CT molecular complexity index is 2650. The lowest BCUT2D eigenvalue weighted by molar-refractivity contribution is -0.359. The summed E-state index contributed by atoms with van der Waals surface area (Å²) in [7, 11) is 0. The smallest absolute Gasteiger partial charge is 0.353 e. The zero-order valence-electron chi connectivity index (χ0n) is 31.5. The minimum atomic E-state index is -7.60. The largest absolute Gasteiger partial charge is 0.460 e. The molecule has 0 fully saturated rings. The van der Waals surface area contributed by atoms with Crippen LogP contribution in [0.3, 0.4) is 0 Å². The number of H-pyrrole nitrogens is 2. The Morgan fingerprint density at radius 2 is 0.417 bits per heavy atom. The van der Waals surface area contributed by atoms with Crippen molar-refractivity contribution in [3.63, 3.8) is 0 Å². The second kappa shape index (κ2) is 18.5. The Morgan fingerprint density at radius 1 is 0.278 bits per heavy atom. The van der Waals surface area contributed by atoms with Crippen LogP contribution in [-0.4, -0.2) is 68.3 Å². The molecular weight excluding hydrogens is 1800 g/mol. The van der Waals surface area contributed by atoms with Gasteiger partial charge in [0.15, 0.2) is 0 Å². The average molecular weight is 1800 g/mol. The standard InChI is InChI=1S/C32H2Br4F28I4N4/c33-5-6(34)14-2(22(39,40)26(47,48)30(56,57)58)19-11(67)12(68)20(72-19)4(24(43,44)28(51,52)32(62,63)64)16-8(36)7(35)15(70-16)3(23(41,42)27(49,50)31(59,60)61)18-10(66)9(65)17(71-18)1(13(5)69-14)21(37,38)25(45,46)29(53,54)55/h71-72H. The first-order valence-electron chi connectivity index (χ1n) is 16.7. The number of halogens is 36. The van der Waals surface area contributed by atoms with E-state index < -0.39 is 171 Å². The van der Waals surface area contributed by atoms with Crippen LogP contribution in [0.1, 0.15) is 45.0 Å². The number of nitrogens with zero attached hydrogens (tertiary/aromatic N) is 2. The summed E-state index contributed by atoms with van der Waals surface area (Å²) in [5, 5.41) is 0. The monoisotopic (exact) mass is 1800 g/mol. The fraction of sp³-hybridized carbons (Fsp3) is 0.375. The predicted molar refractivity (Wildman–Crippen MR) is 241 cm³/mol. The molecule has 3 aromatic heterocycles. The summed E-state index contributed by atoms with van der Waals surface area (Å²) in [5.74, 6) is -59.1. The van der Waals surface area contributed by atoms with Gasteiger partial charge < -0.3 is 9.97 Å². The summed E-state index contributed by atoms with van der Waals surface area (Å²) >= 11 is 10.7. The maximum atomic E-state index is 16.4. The summed E-state index contributed by atoms with van der Waals surface area (Å²) in [6.45, 7) is 0. The van der Waals surface area contributed by atoms with Crippen molar-refractivity contribution in [2.24, 2.45) is 0 Å². The van der Waals surface area contributed by atoms with E-state index in [1.165, 1.54) is 0 Å². The Kier molecular flexibility index (Phi) is 16.0. The lowest BCUT2D eigenvalue weighted by Gasteiger charge is -2.29. The number of hydrogen-bond acceptors (Lipinski definition) is 2. The molecule has 402 valence electrons. The lowest BCUT2D eigenvalue weighted by atomic mass is 9.99. The third-order valence-corrected chi connectivity index (χ3v) is 20.2. The third-order valence-electron chi connectivity index (χ3n) is 9.63. The Morgan fingerprint density at radius 3 is 0.542 bits per heavy atom.